The van der Waals surface area contributed by atoms with Crippen LogP contribution in [0.2, 0.25) is 5.02 Å². The summed E-state index contributed by atoms with van der Waals surface area (Å²) in [5, 5.41) is 12.3. The summed E-state index contributed by atoms with van der Waals surface area (Å²) in [5.41, 5.74) is 0. The second kappa shape index (κ2) is 8.37. The van der Waals surface area contributed by atoms with Gasteiger partial charge < -0.3 is 19.9 Å². The maximum absolute atomic E-state index is 11.5. The first-order chi connectivity index (χ1) is 9.02. The highest BCUT2D eigenvalue weighted by Gasteiger charge is 2.08. The first-order valence-electron chi connectivity index (χ1n) is 5.54. The van der Waals surface area contributed by atoms with E-state index >= 15 is 0 Å². The largest absolute Gasteiger partial charge is 0.482 e. The van der Waals surface area contributed by atoms with Crippen LogP contribution in [0.5, 0.6) is 5.75 Å². The molecule has 2 N–H and O–H groups in total. The summed E-state index contributed by atoms with van der Waals surface area (Å²) in [4.78, 5) is 11.5. The Labute approximate surface area is 125 Å². The Hall–Kier alpha value is -0.820. The number of methoxy groups -OCH3 is 1. The molecule has 0 aliphatic heterocycles. The van der Waals surface area contributed by atoms with Crippen molar-refractivity contribution in [2.24, 2.45) is 0 Å². The Morgan fingerprint density at radius 1 is 1.58 bits per heavy atom. The molecule has 19 heavy (non-hydrogen) atoms. The number of ether oxygens (including phenoxy) is 2. The third-order valence-electron chi connectivity index (χ3n) is 2.15. The van der Waals surface area contributed by atoms with Crippen LogP contribution in [-0.4, -0.2) is 44.0 Å². The molecule has 0 saturated heterocycles. The van der Waals surface area contributed by atoms with E-state index in [0.717, 1.165) is 4.47 Å². The Morgan fingerprint density at radius 2 is 2.32 bits per heavy atom. The van der Waals surface area contributed by atoms with Crippen LogP contribution >= 0.6 is 27.5 Å². The number of carbonyl (C=O) groups is 1. The van der Waals surface area contributed by atoms with Gasteiger partial charge in [-0.3, -0.25) is 4.79 Å². The molecule has 7 heteroatoms. The fourth-order valence-electron chi connectivity index (χ4n) is 1.27. The Bertz CT molecular complexity index is 430. The summed E-state index contributed by atoms with van der Waals surface area (Å²) in [6.45, 7) is 0.116. The molecule has 0 bridgehead atoms. The number of halogens is 2. The molecular formula is C12H15BrClNO4. The summed E-state index contributed by atoms with van der Waals surface area (Å²) in [6, 6.07) is 5.11. The van der Waals surface area contributed by atoms with Crippen molar-refractivity contribution in [1.29, 1.82) is 0 Å². The Morgan fingerprint density at radius 3 is 2.95 bits per heavy atom. The first kappa shape index (κ1) is 16.2. The van der Waals surface area contributed by atoms with Gasteiger partial charge in [-0.2, -0.15) is 0 Å². The standard InChI is InChI=1S/C12H15BrClNO4/c1-18-6-9(16)5-15-12(17)7-19-11-3-2-8(13)4-10(11)14/h2-4,9,16H,5-7H2,1H3,(H,15,17). The minimum atomic E-state index is -0.731. The Balaban J connectivity index is 2.33. The van der Waals surface area contributed by atoms with Crippen LogP contribution in [0.4, 0.5) is 0 Å². The number of hydrogen-bond acceptors (Lipinski definition) is 4. The Kier molecular flexibility index (Phi) is 7.15. The molecule has 0 radical (unpaired) electrons. The van der Waals surface area contributed by atoms with Crippen LogP contribution in [0.1, 0.15) is 0 Å². The number of nitrogens with one attached hydrogen (secondary N) is 1. The predicted molar refractivity (Wildman–Crippen MR) is 75.5 cm³/mol. The highest BCUT2D eigenvalue weighted by Crippen LogP contribution is 2.27. The zero-order valence-electron chi connectivity index (χ0n) is 10.4. The molecule has 1 aromatic carbocycles. The monoisotopic (exact) mass is 351 g/mol. The average Bonchev–Trinajstić information content (AvgIpc) is 2.35. The number of rotatable bonds is 7. The highest BCUT2D eigenvalue weighted by molar-refractivity contribution is 9.10. The number of carbonyl (C=O) groups excluding carboxylic acids is 1. The SMILES string of the molecule is COCC(O)CNC(=O)COc1ccc(Br)cc1Cl. The number of benzene rings is 1. The van der Waals surface area contributed by atoms with Crippen molar-refractivity contribution in [1.82, 2.24) is 5.32 Å². The minimum absolute atomic E-state index is 0.115. The van der Waals surface area contributed by atoms with Gasteiger partial charge in [0.15, 0.2) is 6.61 Å². The van der Waals surface area contributed by atoms with Crippen molar-refractivity contribution in [3.8, 4) is 5.75 Å². The molecule has 5 nitrogen and oxygen atoms in total. The van der Waals surface area contributed by atoms with Gasteiger partial charge in [0.2, 0.25) is 0 Å². The average molecular weight is 353 g/mol. The lowest BCUT2D eigenvalue weighted by Crippen LogP contribution is -2.37. The lowest BCUT2D eigenvalue weighted by molar-refractivity contribution is -0.123. The van der Waals surface area contributed by atoms with Crippen LogP contribution in [0.25, 0.3) is 0 Å². The summed E-state index contributed by atoms with van der Waals surface area (Å²) < 4.78 is 10.8. The van der Waals surface area contributed by atoms with Gasteiger partial charge in [-0.25, -0.2) is 0 Å². The molecule has 0 aromatic heterocycles. The molecule has 0 heterocycles. The van der Waals surface area contributed by atoms with E-state index in [2.05, 4.69) is 21.2 Å². The van der Waals surface area contributed by atoms with E-state index in [9.17, 15) is 9.90 Å². The molecule has 0 aliphatic carbocycles. The second-order valence-electron chi connectivity index (χ2n) is 3.78. The fourth-order valence-corrected chi connectivity index (χ4v) is 2.00. The van der Waals surface area contributed by atoms with Gasteiger partial charge in [0.05, 0.1) is 17.7 Å². The molecule has 106 valence electrons. The zero-order valence-corrected chi connectivity index (χ0v) is 12.7. The first-order valence-corrected chi connectivity index (χ1v) is 6.71. The van der Waals surface area contributed by atoms with Gasteiger partial charge in [-0.05, 0) is 18.2 Å². The number of amides is 1. The fraction of sp³-hybridized carbons (Fsp3) is 0.417. The van der Waals surface area contributed by atoms with Crippen LogP contribution < -0.4 is 10.1 Å². The molecule has 0 aliphatic rings. The smallest absolute Gasteiger partial charge is 0.258 e. The predicted octanol–water partition coefficient (Wildman–Crippen LogP) is 1.60. The molecule has 1 amide bonds. The summed E-state index contributed by atoms with van der Waals surface area (Å²) >= 11 is 9.21. The molecule has 1 rings (SSSR count). The quantitative estimate of drug-likeness (QED) is 0.782. The number of hydrogen-bond donors (Lipinski definition) is 2. The highest BCUT2D eigenvalue weighted by atomic mass is 79.9. The van der Waals surface area contributed by atoms with Crippen molar-refractivity contribution in [2.75, 3.05) is 26.9 Å². The van der Waals surface area contributed by atoms with E-state index in [0.29, 0.717) is 10.8 Å². The molecule has 0 saturated carbocycles. The lowest BCUT2D eigenvalue weighted by Gasteiger charge is -2.12. The van der Waals surface area contributed by atoms with Crippen molar-refractivity contribution >= 4 is 33.4 Å². The van der Waals surface area contributed by atoms with Gasteiger partial charge in [0.25, 0.3) is 5.91 Å². The van der Waals surface area contributed by atoms with E-state index in [1.807, 2.05) is 0 Å². The van der Waals surface area contributed by atoms with E-state index in [4.69, 9.17) is 21.1 Å². The van der Waals surface area contributed by atoms with Crippen molar-refractivity contribution in [3.63, 3.8) is 0 Å². The second-order valence-corrected chi connectivity index (χ2v) is 5.10. The zero-order chi connectivity index (χ0) is 14.3. The van der Waals surface area contributed by atoms with Crippen LogP contribution in [0.3, 0.4) is 0 Å². The molecule has 0 fully saturated rings. The molecular weight excluding hydrogens is 337 g/mol. The van der Waals surface area contributed by atoms with Crippen molar-refractivity contribution in [3.05, 3.63) is 27.7 Å². The molecule has 1 atom stereocenters. The van der Waals surface area contributed by atoms with Gasteiger partial charge in [-0.15, -0.1) is 0 Å². The molecule has 0 spiro atoms. The van der Waals surface area contributed by atoms with Gasteiger partial charge in [0.1, 0.15) is 5.75 Å². The van der Waals surface area contributed by atoms with Crippen molar-refractivity contribution < 1.29 is 19.4 Å². The van der Waals surface area contributed by atoms with Gasteiger partial charge in [-0.1, -0.05) is 27.5 Å². The van der Waals surface area contributed by atoms with Gasteiger partial charge in [0, 0.05) is 18.1 Å². The summed E-state index contributed by atoms with van der Waals surface area (Å²) in [7, 11) is 1.48. The van der Waals surface area contributed by atoms with E-state index < -0.39 is 6.10 Å². The van der Waals surface area contributed by atoms with Crippen molar-refractivity contribution in [2.45, 2.75) is 6.10 Å². The number of aliphatic hydroxyl groups is 1. The maximum Gasteiger partial charge on any atom is 0.258 e. The minimum Gasteiger partial charge on any atom is -0.482 e. The van der Waals surface area contributed by atoms with Crippen LogP contribution in [0.15, 0.2) is 22.7 Å². The molecule has 1 unspecified atom stereocenters. The van der Waals surface area contributed by atoms with Crippen LogP contribution in [-0.2, 0) is 9.53 Å². The summed E-state index contributed by atoms with van der Waals surface area (Å²) in [5.74, 6) is 0.0894. The maximum atomic E-state index is 11.5. The third kappa shape index (κ3) is 6.24. The van der Waals surface area contributed by atoms with Gasteiger partial charge >= 0.3 is 0 Å². The van der Waals surface area contributed by atoms with E-state index in [1.54, 1.807) is 18.2 Å². The normalized spacial score (nSPS) is 12.0. The van der Waals surface area contributed by atoms with E-state index in [1.165, 1.54) is 7.11 Å². The number of aliphatic hydroxyl groups excluding tert-OH is 1. The van der Waals surface area contributed by atoms with Crippen LogP contribution in [0, 0.1) is 0 Å². The molecule has 1 aromatic rings. The lowest BCUT2D eigenvalue weighted by atomic mass is 10.3. The third-order valence-corrected chi connectivity index (χ3v) is 2.94. The van der Waals surface area contributed by atoms with E-state index in [-0.39, 0.29) is 25.7 Å². The topological polar surface area (TPSA) is 67.8 Å². The summed E-state index contributed by atoms with van der Waals surface area (Å²) in [6.07, 6.45) is -0.731.